The first-order valence-electron chi connectivity index (χ1n) is 6.92. The van der Waals surface area contributed by atoms with Crippen LogP contribution in [-0.4, -0.2) is 23.0 Å². The van der Waals surface area contributed by atoms with E-state index < -0.39 is 17.8 Å². The first-order chi connectivity index (χ1) is 11.5. The molecule has 3 rings (SSSR count). The van der Waals surface area contributed by atoms with Crippen molar-refractivity contribution in [3.05, 3.63) is 64.7 Å². The van der Waals surface area contributed by atoms with E-state index in [1.807, 2.05) is 0 Å². The number of imide groups is 2. The standard InChI is InChI=1S/C17H11ClN2O4/c18-11-3-5-12(6-4-11)20-16(23)14(15(22)19-17(20)24)9-10-1-7-13(21)8-2-10/h1-9,21H,(H,19,22,24)/b14-9+. The Morgan fingerprint density at radius 3 is 2.21 bits per heavy atom. The van der Waals surface area contributed by atoms with Gasteiger partial charge in [-0.05, 0) is 48.0 Å². The average molecular weight is 343 g/mol. The van der Waals surface area contributed by atoms with Crippen LogP contribution < -0.4 is 10.2 Å². The van der Waals surface area contributed by atoms with Gasteiger partial charge in [0.1, 0.15) is 11.3 Å². The van der Waals surface area contributed by atoms with Crippen molar-refractivity contribution in [2.45, 2.75) is 0 Å². The number of nitrogens with zero attached hydrogens (tertiary/aromatic N) is 1. The Labute approximate surface area is 142 Å². The number of phenols is 1. The summed E-state index contributed by atoms with van der Waals surface area (Å²) in [5, 5.41) is 11.9. The van der Waals surface area contributed by atoms with Crippen molar-refractivity contribution >= 4 is 41.2 Å². The number of hydrogen-bond donors (Lipinski definition) is 2. The molecule has 6 nitrogen and oxygen atoms in total. The lowest BCUT2D eigenvalue weighted by Crippen LogP contribution is -2.54. The number of barbiturate groups is 1. The van der Waals surface area contributed by atoms with E-state index in [-0.39, 0.29) is 11.3 Å². The predicted octanol–water partition coefficient (Wildman–Crippen LogP) is 2.71. The van der Waals surface area contributed by atoms with Crippen LogP contribution in [0.5, 0.6) is 5.75 Å². The number of carbonyl (C=O) groups is 3. The number of nitrogens with one attached hydrogen (secondary N) is 1. The third-order valence-electron chi connectivity index (χ3n) is 3.39. The monoisotopic (exact) mass is 342 g/mol. The lowest BCUT2D eigenvalue weighted by Gasteiger charge is -2.26. The Bertz CT molecular complexity index is 857. The van der Waals surface area contributed by atoms with Crippen LogP contribution in [0.15, 0.2) is 54.1 Å². The first kappa shape index (κ1) is 15.8. The van der Waals surface area contributed by atoms with Crippen molar-refractivity contribution in [1.29, 1.82) is 0 Å². The molecule has 0 aliphatic carbocycles. The van der Waals surface area contributed by atoms with Crippen LogP contribution in [0.25, 0.3) is 6.08 Å². The van der Waals surface area contributed by atoms with Crippen LogP contribution in [0.3, 0.4) is 0 Å². The first-order valence-corrected chi connectivity index (χ1v) is 7.29. The van der Waals surface area contributed by atoms with E-state index >= 15 is 0 Å². The minimum Gasteiger partial charge on any atom is -0.508 e. The van der Waals surface area contributed by atoms with Gasteiger partial charge in [-0.25, -0.2) is 9.69 Å². The Hall–Kier alpha value is -3.12. The molecule has 2 aromatic carbocycles. The van der Waals surface area contributed by atoms with E-state index in [0.29, 0.717) is 16.3 Å². The molecule has 2 N–H and O–H groups in total. The number of benzene rings is 2. The van der Waals surface area contributed by atoms with Gasteiger partial charge in [0.15, 0.2) is 0 Å². The van der Waals surface area contributed by atoms with Gasteiger partial charge in [0, 0.05) is 5.02 Å². The molecule has 24 heavy (non-hydrogen) atoms. The molecule has 120 valence electrons. The Morgan fingerprint density at radius 1 is 0.958 bits per heavy atom. The number of carbonyl (C=O) groups excluding carboxylic acids is 3. The van der Waals surface area contributed by atoms with Crippen molar-refractivity contribution in [2.24, 2.45) is 0 Å². The molecule has 7 heteroatoms. The average Bonchev–Trinajstić information content (AvgIpc) is 2.55. The van der Waals surface area contributed by atoms with Gasteiger partial charge in [-0.3, -0.25) is 14.9 Å². The summed E-state index contributed by atoms with van der Waals surface area (Å²) in [6.45, 7) is 0. The molecule has 0 saturated carbocycles. The molecule has 0 aromatic heterocycles. The summed E-state index contributed by atoms with van der Waals surface area (Å²) in [4.78, 5) is 37.5. The molecule has 1 aliphatic rings. The van der Waals surface area contributed by atoms with Gasteiger partial charge in [0.05, 0.1) is 5.69 Å². The molecule has 1 aliphatic heterocycles. The highest BCUT2D eigenvalue weighted by atomic mass is 35.5. The molecular formula is C17H11ClN2O4. The second kappa shape index (κ2) is 6.17. The third-order valence-corrected chi connectivity index (χ3v) is 3.64. The number of rotatable bonds is 2. The predicted molar refractivity (Wildman–Crippen MR) is 88.6 cm³/mol. The summed E-state index contributed by atoms with van der Waals surface area (Å²) in [6.07, 6.45) is 1.35. The van der Waals surface area contributed by atoms with Crippen molar-refractivity contribution in [3.63, 3.8) is 0 Å². The van der Waals surface area contributed by atoms with Gasteiger partial charge in [-0.15, -0.1) is 0 Å². The summed E-state index contributed by atoms with van der Waals surface area (Å²) in [7, 11) is 0. The van der Waals surface area contributed by atoms with Crippen LogP contribution >= 0.6 is 11.6 Å². The fourth-order valence-electron chi connectivity index (χ4n) is 2.22. The number of phenolic OH excluding ortho intramolecular Hbond substituents is 1. The number of urea groups is 1. The maximum Gasteiger partial charge on any atom is 0.335 e. The van der Waals surface area contributed by atoms with Gasteiger partial charge in [-0.1, -0.05) is 23.7 Å². The summed E-state index contributed by atoms with van der Waals surface area (Å²) >= 11 is 5.81. The van der Waals surface area contributed by atoms with Crippen LogP contribution in [0.1, 0.15) is 5.56 Å². The highest BCUT2D eigenvalue weighted by Crippen LogP contribution is 2.23. The minimum absolute atomic E-state index is 0.0644. The van der Waals surface area contributed by atoms with Gasteiger partial charge in [0.25, 0.3) is 11.8 Å². The largest absolute Gasteiger partial charge is 0.508 e. The molecule has 1 saturated heterocycles. The number of hydrogen-bond acceptors (Lipinski definition) is 4. The van der Waals surface area contributed by atoms with E-state index in [4.69, 9.17) is 11.6 Å². The van der Waals surface area contributed by atoms with Gasteiger partial charge < -0.3 is 5.11 Å². The fourth-order valence-corrected chi connectivity index (χ4v) is 2.35. The van der Waals surface area contributed by atoms with Gasteiger partial charge >= 0.3 is 6.03 Å². The quantitative estimate of drug-likeness (QED) is 0.649. The van der Waals surface area contributed by atoms with E-state index in [1.165, 1.54) is 42.5 Å². The molecular weight excluding hydrogens is 332 g/mol. The van der Waals surface area contributed by atoms with Crippen LogP contribution in [0.2, 0.25) is 5.02 Å². The third kappa shape index (κ3) is 3.00. The number of anilines is 1. The highest BCUT2D eigenvalue weighted by molar-refractivity contribution is 6.39. The van der Waals surface area contributed by atoms with Crippen LogP contribution in [0.4, 0.5) is 10.5 Å². The summed E-state index contributed by atoms with van der Waals surface area (Å²) in [6, 6.07) is 11.2. The highest BCUT2D eigenvalue weighted by Gasteiger charge is 2.36. The zero-order valence-corrected chi connectivity index (χ0v) is 12.9. The molecule has 4 amide bonds. The van der Waals surface area contributed by atoms with Crippen molar-refractivity contribution < 1.29 is 19.5 Å². The smallest absolute Gasteiger partial charge is 0.335 e. The number of halogens is 1. The minimum atomic E-state index is -0.824. The molecule has 0 unspecified atom stereocenters. The van der Waals surface area contributed by atoms with Crippen LogP contribution in [-0.2, 0) is 9.59 Å². The lowest BCUT2D eigenvalue weighted by molar-refractivity contribution is -0.122. The molecule has 2 aromatic rings. The molecule has 0 bridgehead atoms. The maximum atomic E-state index is 12.6. The van der Waals surface area contributed by atoms with Crippen molar-refractivity contribution in [1.82, 2.24) is 5.32 Å². The normalized spacial score (nSPS) is 16.5. The Kier molecular flexibility index (Phi) is 4.05. The second-order valence-corrected chi connectivity index (χ2v) is 5.46. The van der Waals surface area contributed by atoms with Crippen molar-refractivity contribution in [2.75, 3.05) is 4.90 Å². The van der Waals surface area contributed by atoms with E-state index in [0.717, 1.165) is 4.90 Å². The zero-order valence-electron chi connectivity index (χ0n) is 12.2. The number of amides is 4. The molecule has 1 fully saturated rings. The summed E-state index contributed by atoms with van der Waals surface area (Å²) in [5.74, 6) is -1.45. The fraction of sp³-hybridized carbons (Fsp3) is 0. The molecule has 0 spiro atoms. The Balaban J connectivity index is 1.99. The Morgan fingerprint density at radius 2 is 1.58 bits per heavy atom. The van der Waals surface area contributed by atoms with Crippen molar-refractivity contribution in [3.8, 4) is 5.75 Å². The maximum absolute atomic E-state index is 12.6. The summed E-state index contributed by atoms with van der Waals surface area (Å²) < 4.78 is 0. The van der Waals surface area contributed by atoms with E-state index in [9.17, 15) is 19.5 Å². The molecule has 0 atom stereocenters. The van der Waals surface area contributed by atoms with Crippen LogP contribution in [0, 0.1) is 0 Å². The van der Waals surface area contributed by atoms with E-state index in [2.05, 4.69) is 5.32 Å². The van der Waals surface area contributed by atoms with E-state index in [1.54, 1.807) is 12.1 Å². The lowest BCUT2D eigenvalue weighted by atomic mass is 10.1. The number of aromatic hydroxyl groups is 1. The van der Waals surface area contributed by atoms with Gasteiger partial charge in [0.2, 0.25) is 0 Å². The molecule has 1 heterocycles. The SMILES string of the molecule is O=C1NC(=O)N(c2ccc(Cl)cc2)C(=O)/C1=C/c1ccc(O)cc1. The zero-order chi connectivity index (χ0) is 17.3. The topological polar surface area (TPSA) is 86.7 Å². The summed E-state index contributed by atoms with van der Waals surface area (Å²) in [5.41, 5.74) is 0.651. The second-order valence-electron chi connectivity index (χ2n) is 5.03. The molecule has 0 radical (unpaired) electrons. The van der Waals surface area contributed by atoms with Gasteiger partial charge in [-0.2, -0.15) is 0 Å².